The van der Waals surface area contributed by atoms with Gasteiger partial charge in [-0.15, -0.1) is 0 Å². The Morgan fingerprint density at radius 3 is 1.48 bits per heavy atom. The van der Waals surface area contributed by atoms with Crippen molar-refractivity contribution in [3.8, 4) is 0 Å². The van der Waals surface area contributed by atoms with Crippen molar-refractivity contribution in [3.05, 3.63) is 0 Å². The summed E-state index contributed by atoms with van der Waals surface area (Å²) in [6.45, 7) is 6.42. The summed E-state index contributed by atoms with van der Waals surface area (Å²) in [6.07, 6.45) is 21.9. The molecule has 1 aliphatic heterocycles. The van der Waals surface area contributed by atoms with Gasteiger partial charge in [0.2, 0.25) is 0 Å². The van der Waals surface area contributed by atoms with Gasteiger partial charge in [0.05, 0.1) is 0 Å². The molecular formula is C19H39LiN. The van der Waals surface area contributed by atoms with E-state index in [1.807, 2.05) is 0 Å². The monoisotopic (exact) mass is 288 g/mol. The molecule has 2 heteroatoms. The summed E-state index contributed by atoms with van der Waals surface area (Å²) in [7, 11) is 0. The molecule has 0 aromatic carbocycles. The quantitative estimate of drug-likeness (QED) is 0.306. The summed E-state index contributed by atoms with van der Waals surface area (Å²) in [4.78, 5) is 2.68. The second-order valence-electron chi connectivity index (χ2n) is 6.79. The van der Waals surface area contributed by atoms with Gasteiger partial charge in [-0.3, -0.25) is 0 Å². The van der Waals surface area contributed by atoms with E-state index >= 15 is 0 Å². The van der Waals surface area contributed by atoms with Crippen LogP contribution in [0.3, 0.4) is 0 Å². The molecule has 1 saturated heterocycles. The van der Waals surface area contributed by atoms with Gasteiger partial charge in [0.25, 0.3) is 0 Å². The van der Waals surface area contributed by atoms with E-state index in [1.165, 1.54) is 116 Å². The summed E-state index contributed by atoms with van der Waals surface area (Å²) in [5.41, 5.74) is 0. The summed E-state index contributed by atoms with van der Waals surface area (Å²) in [5.74, 6) is 0. The molecule has 1 nitrogen and oxygen atoms in total. The first kappa shape index (κ1) is 21.6. The van der Waals surface area contributed by atoms with Crippen LogP contribution < -0.4 is 0 Å². The first-order valence-electron chi connectivity index (χ1n) is 9.66. The average molecular weight is 288 g/mol. The Labute approximate surface area is 146 Å². The third kappa shape index (κ3) is 13.9. The summed E-state index contributed by atoms with van der Waals surface area (Å²) < 4.78 is 0. The number of hydrogen-bond donors (Lipinski definition) is 0. The van der Waals surface area contributed by atoms with E-state index in [-0.39, 0.29) is 18.9 Å². The van der Waals surface area contributed by atoms with Crippen molar-refractivity contribution in [1.29, 1.82) is 0 Å². The molecule has 1 rings (SSSR count). The largest absolute Gasteiger partial charge is 0.303 e. The Kier molecular flexibility index (Phi) is 17.4. The maximum absolute atomic E-state index is 2.68. The Morgan fingerprint density at radius 2 is 1.00 bits per heavy atom. The fourth-order valence-electron chi connectivity index (χ4n) is 3.36. The predicted molar refractivity (Wildman–Crippen MR) is 97.1 cm³/mol. The minimum absolute atomic E-state index is 0. The van der Waals surface area contributed by atoms with Crippen molar-refractivity contribution >= 4 is 18.9 Å². The first-order valence-corrected chi connectivity index (χ1v) is 9.66. The Bertz CT molecular complexity index is 190. The second-order valence-corrected chi connectivity index (χ2v) is 6.79. The van der Waals surface area contributed by atoms with Gasteiger partial charge in [-0.1, -0.05) is 84.0 Å². The maximum atomic E-state index is 2.68. The van der Waals surface area contributed by atoms with Crippen LogP contribution in [0.5, 0.6) is 0 Å². The molecule has 1 fully saturated rings. The SMILES string of the molecule is CCCCCCCCCCCCCCN1CCCCC1.[Li]. The third-order valence-electron chi connectivity index (χ3n) is 4.78. The summed E-state index contributed by atoms with van der Waals surface area (Å²) in [6, 6.07) is 0. The predicted octanol–water partition coefficient (Wildman–Crippen LogP) is 5.79. The van der Waals surface area contributed by atoms with E-state index in [9.17, 15) is 0 Å². The molecule has 1 heterocycles. The van der Waals surface area contributed by atoms with Gasteiger partial charge in [-0.2, -0.15) is 0 Å². The van der Waals surface area contributed by atoms with E-state index in [4.69, 9.17) is 0 Å². The van der Waals surface area contributed by atoms with E-state index in [1.54, 1.807) is 0 Å². The van der Waals surface area contributed by atoms with E-state index < -0.39 is 0 Å². The van der Waals surface area contributed by atoms with Crippen molar-refractivity contribution < 1.29 is 0 Å². The van der Waals surface area contributed by atoms with Gasteiger partial charge in [0.1, 0.15) is 0 Å². The van der Waals surface area contributed by atoms with Crippen LogP contribution in [0, 0.1) is 0 Å². The number of piperidine rings is 1. The molecule has 0 aromatic heterocycles. The minimum Gasteiger partial charge on any atom is -0.303 e. The van der Waals surface area contributed by atoms with Crippen LogP contribution in [0.2, 0.25) is 0 Å². The van der Waals surface area contributed by atoms with E-state index in [0.29, 0.717) is 0 Å². The molecule has 1 radical (unpaired) electrons. The molecule has 0 bridgehead atoms. The molecule has 0 unspecified atom stereocenters. The molecule has 0 aromatic rings. The van der Waals surface area contributed by atoms with Crippen molar-refractivity contribution in [2.45, 2.75) is 103 Å². The van der Waals surface area contributed by atoms with Crippen LogP contribution in [-0.4, -0.2) is 43.4 Å². The van der Waals surface area contributed by atoms with Gasteiger partial charge in [-0.05, 0) is 38.9 Å². The van der Waals surface area contributed by atoms with Gasteiger partial charge in [0.15, 0.2) is 0 Å². The number of rotatable bonds is 13. The van der Waals surface area contributed by atoms with Crippen LogP contribution in [-0.2, 0) is 0 Å². The molecular weight excluding hydrogens is 249 g/mol. The number of unbranched alkanes of at least 4 members (excludes halogenated alkanes) is 11. The standard InChI is InChI=1S/C19H39N.Li/c1-2-3-4-5-6-7-8-9-10-11-12-14-17-20-18-15-13-16-19-20;/h2-19H2,1H3;. The van der Waals surface area contributed by atoms with Crippen LogP contribution in [0.15, 0.2) is 0 Å². The molecule has 121 valence electrons. The third-order valence-corrected chi connectivity index (χ3v) is 4.78. The van der Waals surface area contributed by atoms with Gasteiger partial charge in [-0.25, -0.2) is 0 Å². The Morgan fingerprint density at radius 1 is 0.571 bits per heavy atom. The zero-order valence-electron chi connectivity index (χ0n) is 15.2. The summed E-state index contributed by atoms with van der Waals surface area (Å²) >= 11 is 0. The number of nitrogens with zero attached hydrogens (tertiary/aromatic N) is 1. The van der Waals surface area contributed by atoms with Crippen molar-refractivity contribution in [1.82, 2.24) is 4.90 Å². The van der Waals surface area contributed by atoms with Crippen molar-refractivity contribution in [2.75, 3.05) is 19.6 Å². The van der Waals surface area contributed by atoms with E-state index in [0.717, 1.165) is 0 Å². The molecule has 21 heavy (non-hydrogen) atoms. The first-order chi connectivity index (χ1) is 9.93. The van der Waals surface area contributed by atoms with Gasteiger partial charge in [0, 0.05) is 18.9 Å². The number of likely N-dealkylation sites (tertiary alicyclic amines) is 1. The zero-order valence-corrected chi connectivity index (χ0v) is 15.2. The number of hydrogen-bond acceptors (Lipinski definition) is 1. The zero-order chi connectivity index (χ0) is 14.3. The molecule has 0 spiro atoms. The average Bonchev–Trinajstić information content (AvgIpc) is 2.49. The normalized spacial score (nSPS) is 15.9. The topological polar surface area (TPSA) is 3.24 Å². The fourth-order valence-corrected chi connectivity index (χ4v) is 3.36. The molecule has 0 amide bonds. The van der Waals surface area contributed by atoms with Crippen LogP contribution in [0.4, 0.5) is 0 Å². The van der Waals surface area contributed by atoms with Crippen LogP contribution in [0.1, 0.15) is 103 Å². The van der Waals surface area contributed by atoms with E-state index in [2.05, 4.69) is 11.8 Å². The molecule has 0 atom stereocenters. The Balaban J connectivity index is 0.00000400. The molecule has 1 aliphatic rings. The van der Waals surface area contributed by atoms with Gasteiger partial charge >= 0.3 is 0 Å². The van der Waals surface area contributed by atoms with Crippen LogP contribution in [0.25, 0.3) is 0 Å². The molecule has 0 saturated carbocycles. The fraction of sp³-hybridized carbons (Fsp3) is 1.00. The molecule has 0 N–H and O–H groups in total. The Hall–Kier alpha value is 0.557. The van der Waals surface area contributed by atoms with Gasteiger partial charge < -0.3 is 4.90 Å². The second kappa shape index (κ2) is 16.9. The summed E-state index contributed by atoms with van der Waals surface area (Å²) in [5, 5.41) is 0. The maximum Gasteiger partial charge on any atom is 0 e. The van der Waals surface area contributed by atoms with Crippen molar-refractivity contribution in [2.24, 2.45) is 0 Å². The minimum atomic E-state index is 0. The van der Waals surface area contributed by atoms with Crippen molar-refractivity contribution in [3.63, 3.8) is 0 Å². The van der Waals surface area contributed by atoms with Crippen LogP contribution >= 0.6 is 0 Å². The molecule has 0 aliphatic carbocycles. The smallest absolute Gasteiger partial charge is 0 e.